The Hall–Kier alpha value is -1.64. The standard InChI is InChI=1S/C15H18O3/c1-2-10-6-3-4-7-11(10)14(16)12-8-5-9-13(12)15(17)18/h3-4,6-7,12-13H,2,5,8-9H2,1H3,(H,17,18)/t12-,13+/m1/s1. The lowest BCUT2D eigenvalue weighted by molar-refractivity contribution is -0.142. The molecule has 0 saturated heterocycles. The number of carbonyl (C=O) groups is 2. The third-order valence-corrected chi connectivity index (χ3v) is 3.83. The van der Waals surface area contributed by atoms with Crippen LogP contribution in [0.5, 0.6) is 0 Å². The van der Waals surface area contributed by atoms with E-state index in [2.05, 4.69) is 0 Å². The Labute approximate surface area is 107 Å². The van der Waals surface area contributed by atoms with Gasteiger partial charge in [-0.05, 0) is 24.8 Å². The molecule has 0 bridgehead atoms. The number of carboxylic acids is 1. The van der Waals surface area contributed by atoms with Crippen LogP contribution in [0.25, 0.3) is 0 Å². The first-order valence-electron chi connectivity index (χ1n) is 6.50. The fourth-order valence-corrected chi connectivity index (χ4v) is 2.84. The van der Waals surface area contributed by atoms with Crippen molar-refractivity contribution >= 4 is 11.8 Å². The Morgan fingerprint density at radius 2 is 1.89 bits per heavy atom. The molecule has 1 aromatic carbocycles. The summed E-state index contributed by atoms with van der Waals surface area (Å²) in [5.74, 6) is -1.66. The van der Waals surface area contributed by atoms with Gasteiger partial charge in [0.25, 0.3) is 0 Å². The van der Waals surface area contributed by atoms with Crippen LogP contribution in [0, 0.1) is 11.8 Å². The number of hydrogen-bond acceptors (Lipinski definition) is 2. The predicted octanol–water partition coefficient (Wildman–Crippen LogP) is 2.93. The van der Waals surface area contributed by atoms with E-state index >= 15 is 0 Å². The normalized spacial score (nSPS) is 22.9. The maximum absolute atomic E-state index is 12.5. The maximum atomic E-state index is 12.5. The second-order valence-electron chi connectivity index (χ2n) is 4.86. The molecule has 0 radical (unpaired) electrons. The van der Waals surface area contributed by atoms with E-state index in [4.69, 9.17) is 5.11 Å². The first-order valence-corrected chi connectivity index (χ1v) is 6.50. The minimum Gasteiger partial charge on any atom is -0.481 e. The molecule has 0 unspecified atom stereocenters. The van der Waals surface area contributed by atoms with E-state index in [1.165, 1.54) is 0 Å². The Morgan fingerprint density at radius 3 is 2.56 bits per heavy atom. The van der Waals surface area contributed by atoms with Crippen molar-refractivity contribution < 1.29 is 14.7 Å². The molecule has 18 heavy (non-hydrogen) atoms. The largest absolute Gasteiger partial charge is 0.481 e. The lowest BCUT2D eigenvalue weighted by Gasteiger charge is -2.16. The van der Waals surface area contributed by atoms with Crippen LogP contribution >= 0.6 is 0 Å². The molecular formula is C15H18O3. The zero-order chi connectivity index (χ0) is 13.1. The van der Waals surface area contributed by atoms with Crippen molar-refractivity contribution in [2.45, 2.75) is 32.6 Å². The van der Waals surface area contributed by atoms with Crippen LogP contribution in [-0.2, 0) is 11.2 Å². The van der Waals surface area contributed by atoms with E-state index in [0.717, 1.165) is 18.4 Å². The second kappa shape index (κ2) is 5.34. The molecule has 3 heteroatoms. The molecule has 0 heterocycles. The number of rotatable bonds is 4. The molecule has 1 aliphatic carbocycles. The summed E-state index contributed by atoms with van der Waals surface area (Å²) >= 11 is 0. The predicted molar refractivity (Wildman–Crippen MR) is 68.6 cm³/mol. The third-order valence-electron chi connectivity index (χ3n) is 3.83. The van der Waals surface area contributed by atoms with Crippen LogP contribution in [0.15, 0.2) is 24.3 Å². The van der Waals surface area contributed by atoms with Crippen molar-refractivity contribution in [3.8, 4) is 0 Å². The Morgan fingerprint density at radius 1 is 1.22 bits per heavy atom. The first-order chi connectivity index (χ1) is 8.65. The minimum atomic E-state index is -0.833. The van der Waals surface area contributed by atoms with E-state index in [1.54, 1.807) is 0 Å². The molecule has 2 rings (SSSR count). The highest BCUT2D eigenvalue weighted by Gasteiger charge is 2.38. The summed E-state index contributed by atoms with van der Waals surface area (Å²) < 4.78 is 0. The topological polar surface area (TPSA) is 54.4 Å². The van der Waals surface area contributed by atoms with Crippen LogP contribution in [0.2, 0.25) is 0 Å². The van der Waals surface area contributed by atoms with Crippen LogP contribution in [-0.4, -0.2) is 16.9 Å². The third kappa shape index (κ3) is 2.30. The van der Waals surface area contributed by atoms with Crippen LogP contribution < -0.4 is 0 Å². The van der Waals surface area contributed by atoms with Gasteiger partial charge in [0, 0.05) is 11.5 Å². The zero-order valence-corrected chi connectivity index (χ0v) is 10.6. The molecule has 1 aliphatic rings. The number of aliphatic carboxylic acids is 1. The van der Waals surface area contributed by atoms with Gasteiger partial charge in [0.2, 0.25) is 0 Å². The molecule has 0 spiro atoms. The number of carbonyl (C=O) groups excluding carboxylic acids is 1. The zero-order valence-electron chi connectivity index (χ0n) is 10.6. The summed E-state index contributed by atoms with van der Waals surface area (Å²) in [6.07, 6.45) is 2.96. The highest BCUT2D eigenvalue weighted by atomic mass is 16.4. The fourth-order valence-electron chi connectivity index (χ4n) is 2.84. The van der Waals surface area contributed by atoms with Crippen molar-refractivity contribution in [3.05, 3.63) is 35.4 Å². The Kier molecular flexibility index (Phi) is 3.80. The number of aryl methyl sites for hydroxylation is 1. The molecule has 3 nitrogen and oxygen atoms in total. The first kappa shape index (κ1) is 12.8. The molecule has 0 aromatic heterocycles. The van der Waals surface area contributed by atoms with Crippen LogP contribution in [0.1, 0.15) is 42.1 Å². The van der Waals surface area contributed by atoms with Crippen molar-refractivity contribution in [1.82, 2.24) is 0 Å². The summed E-state index contributed by atoms with van der Waals surface area (Å²) in [6.45, 7) is 2.01. The van der Waals surface area contributed by atoms with Crippen molar-refractivity contribution in [3.63, 3.8) is 0 Å². The summed E-state index contributed by atoms with van der Waals surface area (Å²) in [5.41, 5.74) is 1.72. The Bertz CT molecular complexity index is 465. The van der Waals surface area contributed by atoms with Gasteiger partial charge in [-0.2, -0.15) is 0 Å². The molecule has 1 saturated carbocycles. The number of hydrogen-bond donors (Lipinski definition) is 1. The van der Waals surface area contributed by atoms with Gasteiger partial charge in [0.15, 0.2) is 5.78 Å². The molecular weight excluding hydrogens is 228 g/mol. The summed E-state index contributed by atoms with van der Waals surface area (Å²) in [4.78, 5) is 23.6. The van der Waals surface area contributed by atoms with Gasteiger partial charge >= 0.3 is 5.97 Å². The van der Waals surface area contributed by atoms with Gasteiger partial charge in [0.05, 0.1) is 5.92 Å². The lowest BCUT2D eigenvalue weighted by atomic mass is 9.86. The van der Waals surface area contributed by atoms with E-state index in [1.807, 2.05) is 31.2 Å². The second-order valence-corrected chi connectivity index (χ2v) is 4.86. The van der Waals surface area contributed by atoms with E-state index < -0.39 is 11.9 Å². The monoisotopic (exact) mass is 246 g/mol. The number of ketones is 1. The van der Waals surface area contributed by atoms with E-state index in [9.17, 15) is 9.59 Å². The molecule has 2 atom stereocenters. The number of carboxylic acid groups (broad SMARTS) is 1. The molecule has 1 aromatic rings. The van der Waals surface area contributed by atoms with Crippen LogP contribution in [0.4, 0.5) is 0 Å². The average Bonchev–Trinajstić information content (AvgIpc) is 2.87. The summed E-state index contributed by atoms with van der Waals surface area (Å²) in [7, 11) is 0. The van der Waals surface area contributed by atoms with Gasteiger partial charge in [-0.3, -0.25) is 9.59 Å². The van der Waals surface area contributed by atoms with Gasteiger partial charge in [-0.1, -0.05) is 37.6 Å². The SMILES string of the molecule is CCc1ccccc1C(=O)[C@@H]1CCC[C@@H]1C(=O)O. The van der Waals surface area contributed by atoms with Crippen molar-refractivity contribution in [2.24, 2.45) is 11.8 Å². The van der Waals surface area contributed by atoms with E-state index in [-0.39, 0.29) is 11.7 Å². The Balaban J connectivity index is 2.28. The van der Waals surface area contributed by atoms with Crippen molar-refractivity contribution in [1.29, 1.82) is 0 Å². The molecule has 1 N–H and O–H groups in total. The van der Waals surface area contributed by atoms with E-state index in [0.29, 0.717) is 18.4 Å². The van der Waals surface area contributed by atoms with Crippen molar-refractivity contribution in [2.75, 3.05) is 0 Å². The molecule has 96 valence electrons. The van der Waals surface area contributed by atoms with Gasteiger partial charge < -0.3 is 5.11 Å². The lowest BCUT2D eigenvalue weighted by Crippen LogP contribution is -2.26. The highest BCUT2D eigenvalue weighted by Crippen LogP contribution is 2.35. The smallest absolute Gasteiger partial charge is 0.307 e. The summed E-state index contributed by atoms with van der Waals surface area (Å²) in [5, 5.41) is 9.15. The minimum absolute atomic E-state index is 0.0114. The van der Waals surface area contributed by atoms with Gasteiger partial charge in [-0.15, -0.1) is 0 Å². The fraction of sp³-hybridized carbons (Fsp3) is 0.467. The average molecular weight is 246 g/mol. The molecule has 0 aliphatic heterocycles. The number of Topliss-reactive ketones (excluding diaryl/α,β-unsaturated/α-hetero) is 1. The maximum Gasteiger partial charge on any atom is 0.307 e. The van der Waals surface area contributed by atoms with Gasteiger partial charge in [-0.25, -0.2) is 0 Å². The summed E-state index contributed by atoms with van der Waals surface area (Å²) in [6, 6.07) is 7.52. The van der Waals surface area contributed by atoms with Gasteiger partial charge in [0.1, 0.15) is 0 Å². The highest BCUT2D eigenvalue weighted by molar-refractivity contribution is 6.01. The molecule has 0 amide bonds. The number of benzene rings is 1. The quantitative estimate of drug-likeness (QED) is 0.831. The van der Waals surface area contributed by atoms with Crippen LogP contribution in [0.3, 0.4) is 0 Å². The molecule has 1 fully saturated rings.